The quantitative estimate of drug-likeness (QED) is 0.196. The van der Waals surface area contributed by atoms with Gasteiger partial charge in [0.25, 0.3) is 0 Å². The van der Waals surface area contributed by atoms with Gasteiger partial charge in [-0.25, -0.2) is 4.79 Å². The second-order valence-corrected chi connectivity index (χ2v) is 13.9. The number of amides is 2. The van der Waals surface area contributed by atoms with Crippen molar-refractivity contribution >= 4 is 30.0 Å². The maximum Gasteiger partial charge on any atom is 0.481 e. The Balaban J connectivity index is 1.34. The predicted molar refractivity (Wildman–Crippen MR) is 174 cm³/mol. The van der Waals surface area contributed by atoms with Gasteiger partial charge in [-0.2, -0.15) is 0 Å². The van der Waals surface area contributed by atoms with Gasteiger partial charge in [-0.1, -0.05) is 76.2 Å². The van der Waals surface area contributed by atoms with Crippen molar-refractivity contribution in [1.82, 2.24) is 15.6 Å². The molecule has 3 fully saturated rings. The molecule has 6 rings (SSSR count). The lowest BCUT2D eigenvalue weighted by Gasteiger charge is -2.64. The Morgan fingerprint density at radius 1 is 1.05 bits per heavy atom. The highest BCUT2D eigenvalue weighted by molar-refractivity contribution is 6.47. The summed E-state index contributed by atoms with van der Waals surface area (Å²) < 4.78 is 18.3. The third-order valence-electron chi connectivity index (χ3n) is 10.1. The molecule has 1 heterocycles. The summed E-state index contributed by atoms with van der Waals surface area (Å²) in [5.74, 6) is 0.756. The number of benzene rings is 2. The van der Waals surface area contributed by atoms with E-state index in [0.717, 1.165) is 40.8 Å². The summed E-state index contributed by atoms with van der Waals surface area (Å²) in [4.78, 5) is 30.4. The number of rotatable bonds is 13. The zero-order chi connectivity index (χ0) is 31.5. The van der Waals surface area contributed by atoms with Crippen molar-refractivity contribution < 1.29 is 23.6 Å². The van der Waals surface area contributed by atoms with E-state index in [-0.39, 0.29) is 29.4 Å². The molecule has 3 saturated carbocycles. The largest absolute Gasteiger partial charge is 0.481 e. The van der Waals surface area contributed by atoms with Crippen LogP contribution in [0.2, 0.25) is 0 Å². The smallest absolute Gasteiger partial charge is 0.445 e. The van der Waals surface area contributed by atoms with Crippen LogP contribution in [0.4, 0.5) is 4.79 Å². The van der Waals surface area contributed by atoms with Gasteiger partial charge in [0.15, 0.2) is 0 Å². The van der Waals surface area contributed by atoms with Gasteiger partial charge in [0.05, 0.1) is 11.5 Å². The molecule has 3 N–H and O–H groups in total. The van der Waals surface area contributed by atoms with E-state index in [1.807, 2.05) is 60.8 Å². The molecule has 2 amide bonds. The summed E-state index contributed by atoms with van der Waals surface area (Å²) >= 11 is 0. The third-order valence-corrected chi connectivity index (χ3v) is 10.1. The van der Waals surface area contributed by atoms with Crippen LogP contribution in [0.1, 0.15) is 71.4 Å². The molecule has 9 heteroatoms. The molecule has 0 saturated heterocycles. The Kier molecular flexibility index (Phi) is 9.76. The molecule has 2 bridgehead atoms. The molecule has 2 aromatic carbocycles. The molecule has 0 unspecified atom stereocenters. The van der Waals surface area contributed by atoms with Gasteiger partial charge >= 0.3 is 13.2 Å². The molecule has 0 spiro atoms. The van der Waals surface area contributed by atoms with Crippen molar-refractivity contribution in [2.45, 2.75) is 90.9 Å². The molecular formula is C35H48BN3O5. The summed E-state index contributed by atoms with van der Waals surface area (Å²) in [7, 11) is 1.02. The van der Waals surface area contributed by atoms with Gasteiger partial charge in [-0.15, -0.1) is 0 Å². The van der Waals surface area contributed by atoms with Crippen LogP contribution in [-0.2, 0) is 31.9 Å². The number of para-hydroxylation sites is 1. The number of aromatic amines is 1. The van der Waals surface area contributed by atoms with Crippen molar-refractivity contribution in [3.63, 3.8) is 0 Å². The zero-order valence-corrected chi connectivity index (χ0v) is 27.0. The lowest BCUT2D eigenvalue weighted by molar-refractivity contribution is -0.188. The zero-order valence-electron chi connectivity index (χ0n) is 27.0. The second kappa shape index (κ2) is 13.4. The highest BCUT2D eigenvalue weighted by Crippen LogP contribution is 2.63. The third kappa shape index (κ3) is 6.99. The van der Waals surface area contributed by atoms with E-state index in [1.54, 1.807) is 7.11 Å². The molecule has 5 atom stereocenters. The number of nitrogens with one attached hydrogen (secondary N) is 3. The SMILES string of the molecule is COB(O[C@]1(C)CC[C@@H]2C[C@H]1C2(C)C)[C@H](CC(C)C)NC(=O)[C@H](Cc1c[nH]c2ccccc12)NC(=O)OCc1ccccc1. The number of ether oxygens (including phenoxy) is 1. The van der Waals surface area contributed by atoms with E-state index in [1.165, 1.54) is 6.42 Å². The normalized spacial score (nSPS) is 23.4. The monoisotopic (exact) mass is 601 g/mol. The van der Waals surface area contributed by atoms with Crippen LogP contribution in [-0.4, -0.2) is 48.8 Å². The van der Waals surface area contributed by atoms with Crippen LogP contribution in [0.5, 0.6) is 0 Å². The number of alkyl carbamates (subject to hydrolysis) is 1. The molecule has 0 aliphatic heterocycles. The highest BCUT2D eigenvalue weighted by atomic mass is 16.6. The summed E-state index contributed by atoms with van der Waals surface area (Å²) in [6, 6.07) is 16.5. The predicted octanol–water partition coefficient (Wildman–Crippen LogP) is 6.44. The fourth-order valence-electron chi connectivity index (χ4n) is 7.54. The maximum atomic E-state index is 14.1. The van der Waals surface area contributed by atoms with Crippen LogP contribution in [0, 0.1) is 23.2 Å². The van der Waals surface area contributed by atoms with Gasteiger partial charge in [0, 0.05) is 30.6 Å². The van der Waals surface area contributed by atoms with Gasteiger partial charge in [-0.3, -0.25) is 4.79 Å². The van der Waals surface area contributed by atoms with Gasteiger partial charge in [0.1, 0.15) is 12.6 Å². The Morgan fingerprint density at radius 2 is 1.77 bits per heavy atom. The number of fused-ring (bicyclic) bond motifs is 3. The number of carbonyl (C=O) groups excluding carboxylic acids is 2. The average Bonchev–Trinajstić information content (AvgIpc) is 3.41. The number of H-pyrrole nitrogens is 1. The Morgan fingerprint density at radius 3 is 2.45 bits per heavy atom. The summed E-state index contributed by atoms with van der Waals surface area (Å²) in [6.45, 7) is 11.3. The molecule has 3 aliphatic rings. The molecule has 236 valence electrons. The lowest BCUT2D eigenvalue weighted by Crippen LogP contribution is -2.64. The molecule has 1 aromatic heterocycles. The van der Waals surface area contributed by atoms with E-state index < -0.39 is 25.2 Å². The van der Waals surface area contributed by atoms with Crippen LogP contribution in [0.15, 0.2) is 60.8 Å². The first-order valence-corrected chi connectivity index (χ1v) is 16.0. The number of hydrogen-bond donors (Lipinski definition) is 3. The molecule has 0 radical (unpaired) electrons. The number of aromatic nitrogens is 1. The minimum absolute atomic E-state index is 0.112. The lowest BCUT2D eigenvalue weighted by atomic mass is 9.44. The van der Waals surface area contributed by atoms with Crippen LogP contribution in [0.3, 0.4) is 0 Å². The van der Waals surface area contributed by atoms with Crippen LogP contribution < -0.4 is 10.6 Å². The van der Waals surface area contributed by atoms with Crippen molar-refractivity contribution in [2.24, 2.45) is 23.2 Å². The number of hydrogen-bond acceptors (Lipinski definition) is 5. The first kappa shape index (κ1) is 32.1. The van der Waals surface area contributed by atoms with Crippen LogP contribution >= 0.6 is 0 Å². The minimum atomic E-state index is -0.874. The fraction of sp³-hybridized carbons (Fsp3) is 0.543. The minimum Gasteiger partial charge on any atom is -0.445 e. The Bertz CT molecular complexity index is 1420. The van der Waals surface area contributed by atoms with Crippen molar-refractivity contribution in [3.05, 3.63) is 71.9 Å². The summed E-state index contributed by atoms with van der Waals surface area (Å²) in [5, 5.41) is 7.08. The van der Waals surface area contributed by atoms with Crippen molar-refractivity contribution in [1.29, 1.82) is 0 Å². The Labute approximate surface area is 262 Å². The summed E-state index contributed by atoms with van der Waals surface area (Å²) in [6.07, 6.45) is 5.49. The van der Waals surface area contributed by atoms with E-state index in [4.69, 9.17) is 14.0 Å². The van der Waals surface area contributed by atoms with Gasteiger partial charge in [0.2, 0.25) is 5.91 Å². The van der Waals surface area contributed by atoms with Gasteiger partial charge < -0.3 is 29.7 Å². The van der Waals surface area contributed by atoms with Crippen LogP contribution in [0.25, 0.3) is 10.9 Å². The first-order chi connectivity index (χ1) is 21.0. The van der Waals surface area contributed by atoms with E-state index in [0.29, 0.717) is 18.8 Å². The van der Waals surface area contributed by atoms with E-state index in [2.05, 4.69) is 50.2 Å². The molecular weight excluding hydrogens is 553 g/mol. The Hall–Kier alpha value is -3.30. The second-order valence-electron chi connectivity index (χ2n) is 13.9. The highest BCUT2D eigenvalue weighted by Gasteiger charge is 2.61. The maximum absolute atomic E-state index is 14.1. The average molecular weight is 602 g/mol. The number of carbonyl (C=O) groups is 2. The van der Waals surface area contributed by atoms with E-state index in [9.17, 15) is 9.59 Å². The summed E-state index contributed by atoms with van der Waals surface area (Å²) in [5.41, 5.74) is 2.68. The molecule has 44 heavy (non-hydrogen) atoms. The van der Waals surface area contributed by atoms with Gasteiger partial charge in [-0.05, 0) is 73.0 Å². The molecule has 8 nitrogen and oxygen atoms in total. The first-order valence-electron chi connectivity index (χ1n) is 16.0. The topological polar surface area (TPSA) is 102 Å². The fourth-order valence-corrected chi connectivity index (χ4v) is 7.54. The standard InChI is InChI=1S/C35H48BN3O5/c1-23(2)18-31(36(42-6)44-35(5)17-16-26-20-30(35)34(26,3)4)39-32(40)29(19-25-21-37-28-15-11-10-14-27(25)28)38-33(41)43-22-24-12-8-7-9-13-24/h7-15,21,23,26,29-31,37H,16-20,22H2,1-6H3,(H,38,41)(H,39,40)/t26-,29+,30+,31+,35-/m1/s1. The van der Waals surface area contributed by atoms with E-state index >= 15 is 0 Å². The molecule has 3 aliphatic carbocycles. The molecule has 3 aromatic rings. The van der Waals surface area contributed by atoms with Crippen molar-refractivity contribution in [2.75, 3.05) is 7.11 Å². The van der Waals surface area contributed by atoms with Crippen molar-refractivity contribution in [3.8, 4) is 0 Å².